The molecule has 1 aliphatic rings. The Morgan fingerprint density at radius 1 is 1.38 bits per heavy atom. The Bertz CT molecular complexity index is 568. The van der Waals surface area contributed by atoms with E-state index in [9.17, 15) is 12.8 Å². The molecule has 2 N–H and O–H groups in total. The van der Waals surface area contributed by atoms with E-state index in [1.807, 2.05) is 6.92 Å². The number of sulfonamides is 1. The van der Waals surface area contributed by atoms with E-state index >= 15 is 0 Å². The summed E-state index contributed by atoms with van der Waals surface area (Å²) < 4.78 is 40.0. The molecule has 1 heterocycles. The molecule has 1 aromatic carbocycles. The van der Waals surface area contributed by atoms with Gasteiger partial charge in [-0.05, 0) is 37.8 Å². The van der Waals surface area contributed by atoms with Crippen LogP contribution in [0.3, 0.4) is 0 Å². The van der Waals surface area contributed by atoms with Gasteiger partial charge in [-0.2, -0.15) is 4.31 Å². The summed E-state index contributed by atoms with van der Waals surface area (Å²) in [6, 6.07) is 3.91. The molecule has 0 radical (unpaired) electrons. The van der Waals surface area contributed by atoms with Gasteiger partial charge in [-0.25, -0.2) is 12.8 Å². The summed E-state index contributed by atoms with van der Waals surface area (Å²) in [6.07, 6.45) is 1.37. The molecule has 1 unspecified atom stereocenters. The quantitative estimate of drug-likeness (QED) is 0.905. The molecule has 21 heavy (non-hydrogen) atoms. The van der Waals surface area contributed by atoms with Crippen molar-refractivity contribution in [3.05, 3.63) is 29.0 Å². The summed E-state index contributed by atoms with van der Waals surface area (Å²) in [5, 5.41) is -0.0840. The van der Waals surface area contributed by atoms with Gasteiger partial charge >= 0.3 is 0 Å². The first-order chi connectivity index (χ1) is 9.34. The molecule has 1 atom stereocenters. The van der Waals surface area contributed by atoms with E-state index in [2.05, 4.69) is 0 Å². The van der Waals surface area contributed by atoms with Crippen molar-refractivity contribution in [3.8, 4) is 0 Å². The normalized spacial score (nSPS) is 19.0. The van der Waals surface area contributed by atoms with Gasteiger partial charge < -0.3 is 5.73 Å². The van der Waals surface area contributed by atoms with Crippen LogP contribution in [-0.2, 0) is 10.0 Å². The molecule has 1 fully saturated rings. The van der Waals surface area contributed by atoms with Crippen molar-refractivity contribution in [2.75, 3.05) is 13.1 Å². The van der Waals surface area contributed by atoms with E-state index in [1.54, 1.807) is 0 Å². The van der Waals surface area contributed by atoms with Crippen molar-refractivity contribution in [2.45, 2.75) is 30.7 Å². The topological polar surface area (TPSA) is 63.4 Å². The molecule has 0 saturated carbocycles. The minimum atomic E-state index is -3.89. The number of hydrogen-bond acceptors (Lipinski definition) is 3. The number of nitrogens with two attached hydrogens (primary N) is 1. The second-order valence-electron chi connectivity index (χ2n) is 5.15. The van der Waals surface area contributed by atoms with Gasteiger partial charge in [-0.1, -0.05) is 17.7 Å². The molecule has 1 aliphatic heterocycles. The van der Waals surface area contributed by atoms with Crippen LogP contribution < -0.4 is 5.73 Å². The molecular formula is C13H19Cl2FN2O2S. The molecule has 1 saturated heterocycles. The Morgan fingerprint density at radius 2 is 1.95 bits per heavy atom. The van der Waals surface area contributed by atoms with Crippen LogP contribution in [0.1, 0.15) is 19.8 Å². The molecule has 1 aromatic rings. The van der Waals surface area contributed by atoms with Gasteiger partial charge in [0.15, 0.2) is 0 Å². The van der Waals surface area contributed by atoms with Crippen LogP contribution in [0.4, 0.5) is 4.39 Å². The lowest BCUT2D eigenvalue weighted by atomic mass is 9.92. The first kappa shape index (κ1) is 18.6. The minimum absolute atomic E-state index is 0. The molecule has 8 heteroatoms. The van der Waals surface area contributed by atoms with Gasteiger partial charge in [0.2, 0.25) is 10.0 Å². The summed E-state index contributed by atoms with van der Waals surface area (Å²) in [7, 11) is -3.89. The van der Waals surface area contributed by atoms with E-state index in [-0.39, 0.29) is 23.5 Å². The zero-order chi connectivity index (χ0) is 14.9. The Kier molecular flexibility index (Phi) is 6.43. The highest BCUT2D eigenvalue weighted by molar-refractivity contribution is 7.89. The van der Waals surface area contributed by atoms with E-state index in [0.717, 1.165) is 6.07 Å². The third kappa shape index (κ3) is 3.87. The van der Waals surface area contributed by atoms with Crippen molar-refractivity contribution in [2.24, 2.45) is 11.7 Å². The van der Waals surface area contributed by atoms with Crippen molar-refractivity contribution < 1.29 is 12.8 Å². The fourth-order valence-corrected chi connectivity index (χ4v) is 4.53. The van der Waals surface area contributed by atoms with Crippen LogP contribution in [0.2, 0.25) is 5.02 Å². The monoisotopic (exact) mass is 356 g/mol. The lowest BCUT2D eigenvalue weighted by Crippen LogP contribution is -2.42. The Balaban J connectivity index is 0.00000220. The maximum Gasteiger partial charge on any atom is 0.247 e. The molecule has 2 rings (SSSR count). The smallest absolute Gasteiger partial charge is 0.247 e. The molecule has 0 spiro atoms. The number of benzene rings is 1. The summed E-state index contributed by atoms with van der Waals surface area (Å²) in [5.41, 5.74) is 5.83. The standard InChI is InChI=1S/C13H18ClFN2O2S.ClH/c1-9(16)10-5-7-17(8-6-10)20(18,19)13-11(14)3-2-4-12(13)15;/h2-4,9-10H,5-8,16H2,1H3;1H. The zero-order valence-electron chi connectivity index (χ0n) is 11.6. The number of rotatable bonds is 3. The van der Waals surface area contributed by atoms with Crippen molar-refractivity contribution >= 4 is 34.0 Å². The Labute approximate surface area is 135 Å². The van der Waals surface area contributed by atoms with E-state index < -0.39 is 20.7 Å². The SMILES string of the molecule is CC(N)C1CCN(S(=O)(=O)c2c(F)cccc2Cl)CC1.Cl. The Hall–Kier alpha value is -0.400. The molecule has 0 aliphatic carbocycles. The number of halogens is 3. The van der Waals surface area contributed by atoms with Crippen LogP contribution in [-0.4, -0.2) is 31.9 Å². The highest BCUT2D eigenvalue weighted by atomic mass is 35.5. The average Bonchev–Trinajstić information content (AvgIpc) is 2.38. The van der Waals surface area contributed by atoms with Crippen LogP contribution in [0.15, 0.2) is 23.1 Å². The van der Waals surface area contributed by atoms with Crippen LogP contribution in [0.25, 0.3) is 0 Å². The molecule has 120 valence electrons. The van der Waals surface area contributed by atoms with Crippen LogP contribution in [0.5, 0.6) is 0 Å². The van der Waals surface area contributed by atoms with Crippen molar-refractivity contribution in [1.82, 2.24) is 4.31 Å². The fraction of sp³-hybridized carbons (Fsp3) is 0.538. The highest BCUT2D eigenvalue weighted by Gasteiger charge is 2.33. The first-order valence-corrected chi connectivity index (χ1v) is 8.35. The van der Waals surface area contributed by atoms with Gasteiger partial charge in [-0.15, -0.1) is 12.4 Å². The van der Waals surface area contributed by atoms with Crippen molar-refractivity contribution in [3.63, 3.8) is 0 Å². The van der Waals surface area contributed by atoms with Gasteiger partial charge in [-0.3, -0.25) is 0 Å². The second-order valence-corrected chi connectivity index (χ2v) is 7.43. The lowest BCUT2D eigenvalue weighted by Gasteiger charge is -2.33. The maximum absolute atomic E-state index is 13.8. The third-order valence-electron chi connectivity index (χ3n) is 3.76. The predicted octanol–water partition coefficient (Wildman–Crippen LogP) is 2.65. The summed E-state index contributed by atoms with van der Waals surface area (Å²) >= 11 is 5.85. The number of nitrogens with zero attached hydrogens (tertiary/aromatic N) is 1. The summed E-state index contributed by atoms with van der Waals surface area (Å²) in [4.78, 5) is -0.430. The number of piperidine rings is 1. The third-order valence-corrected chi connectivity index (χ3v) is 6.16. The molecule has 4 nitrogen and oxygen atoms in total. The predicted molar refractivity (Wildman–Crippen MR) is 83.8 cm³/mol. The van der Waals surface area contributed by atoms with Crippen molar-refractivity contribution in [1.29, 1.82) is 0 Å². The summed E-state index contributed by atoms with van der Waals surface area (Å²) in [5.74, 6) is -0.510. The fourth-order valence-electron chi connectivity index (χ4n) is 2.50. The van der Waals surface area contributed by atoms with Gasteiger partial charge in [0, 0.05) is 19.1 Å². The van der Waals surface area contributed by atoms with Gasteiger partial charge in [0.05, 0.1) is 5.02 Å². The zero-order valence-corrected chi connectivity index (χ0v) is 14.0. The molecule has 0 bridgehead atoms. The van der Waals surface area contributed by atoms with Crippen LogP contribution >= 0.6 is 24.0 Å². The molecule has 0 amide bonds. The molecule has 0 aromatic heterocycles. The average molecular weight is 357 g/mol. The largest absolute Gasteiger partial charge is 0.328 e. The molecular weight excluding hydrogens is 338 g/mol. The van der Waals surface area contributed by atoms with Gasteiger partial charge in [0.25, 0.3) is 0 Å². The minimum Gasteiger partial charge on any atom is -0.328 e. The number of hydrogen-bond donors (Lipinski definition) is 1. The highest BCUT2D eigenvalue weighted by Crippen LogP contribution is 2.30. The van der Waals surface area contributed by atoms with Crippen LogP contribution in [0, 0.1) is 11.7 Å². The van der Waals surface area contributed by atoms with E-state index in [1.165, 1.54) is 16.4 Å². The summed E-state index contributed by atoms with van der Waals surface area (Å²) in [6.45, 7) is 2.61. The second kappa shape index (κ2) is 7.24. The van der Waals surface area contributed by atoms with E-state index in [4.69, 9.17) is 17.3 Å². The lowest BCUT2D eigenvalue weighted by molar-refractivity contribution is 0.250. The van der Waals surface area contributed by atoms with Gasteiger partial charge in [0.1, 0.15) is 10.7 Å². The maximum atomic E-state index is 13.8. The van der Waals surface area contributed by atoms with E-state index in [0.29, 0.717) is 31.8 Å². The first-order valence-electron chi connectivity index (χ1n) is 6.53. The Morgan fingerprint density at radius 3 is 2.43 bits per heavy atom.